The monoisotopic (exact) mass is 223 g/mol. The molecule has 1 aliphatic heterocycles. The molecule has 0 aromatic carbocycles. The van der Waals surface area contributed by atoms with Crippen molar-refractivity contribution < 1.29 is 9.21 Å². The van der Waals surface area contributed by atoms with Crippen LogP contribution in [-0.4, -0.2) is 30.5 Å². The van der Waals surface area contributed by atoms with Crippen LogP contribution in [0.4, 0.5) is 0 Å². The molecule has 2 N–H and O–H groups in total. The summed E-state index contributed by atoms with van der Waals surface area (Å²) in [5.74, 6) is 0.685. The average Bonchev–Trinajstić information content (AvgIpc) is 2.74. The molecule has 1 fully saturated rings. The molecule has 0 radical (unpaired) electrons. The number of nitrogens with zero attached hydrogens (tertiary/aromatic N) is 1. The van der Waals surface area contributed by atoms with Gasteiger partial charge in [-0.2, -0.15) is 0 Å². The summed E-state index contributed by atoms with van der Waals surface area (Å²) in [7, 11) is 0. The lowest BCUT2D eigenvalue weighted by Gasteiger charge is -2.22. The van der Waals surface area contributed by atoms with Crippen molar-refractivity contribution in [1.29, 1.82) is 0 Å². The van der Waals surface area contributed by atoms with Gasteiger partial charge in [0.15, 0.2) is 6.39 Å². The molecule has 0 bridgehead atoms. The standard InChI is InChI=1S/C11H17N3O2/c1-8-10(16-7-14-8)11(15)13-6-9-3-2-4-12-5-9/h7,9,12H,2-6H2,1H3,(H,13,15). The predicted octanol–water partition coefficient (Wildman–Crippen LogP) is 0.712. The molecular formula is C11H17N3O2. The molecule has 16 heavy (non-hydrogen) atoms. The van der Waals surface area contributed by atoms with E-state index in [1.54, 1.807) is 6.92 Å². The highest BCUT2D eigenvalue weighted by Gasteiger charge is 2.17. The molecule has 1 aromatic heterocycles. The molecule has 2 rings (SSSR count). The molecule has 5 nitrogen and oxygen atoms in total. The Bertz CT molecular complexity index is 356. The highest BCUT2D eigenvalue weighted by atomic mass is 16.3. The van der Waals surface area contributed by atoms with Crippen molar-refractivity contribution in [1.82, 2.24) is 15.6 Å². The normalized spacial score (nSPS) is 20.7. The molecule has 0 aliphatic carbocycles. The minimum Gasteiger partial charge on any atom is -0.438 e. The quantitative estimate of drug-likeness (QED) is 0.792. The predicted molar refractivity (Wildman–Crippen MR) is 59.2 cm³/mol. The molecule has 5 heteroatoms. The molecule has 1 unspecified atom stereocenters. The van der Waals surface area contributed by atoms with Gasteiger partial charge in [-0.3, -0.25) is 4.79 Å². The van der Waals surface area contributed by atoms with Crippen molar-refractivity contribution in [3.8, 4) is 0 Å². The molecule has 1 aromatic rings. The van der Waals surface area contributed by atoms with Crippen molar-refractivity contribution >= 4 is 5.91 Å². The van der Waals surface area contributed by atoms with E-state index in [1.807, 2.05) is 0 Å². The third-order valence-corrected chi connectivity index (χ3v) is 2.90. The highest BCUT2D eigenvalue weighted by molar-refractivity contribution is 5.92. The summed E-state index contributed by atoms with van der Waals surface area (Å²) in [6, 6.07) is 0. The summed E-state index contributed by atoms with van der Waals surface area (Å²) in [5.41, 5.74) is 0.638. The highest BCUT2D eigenvalue weighted by Crippen LogP contribution is 2.09. The van der Waals surface area contributed by atoms with Crippen LogP contribution >= 0.6 is 0 Å². The molecular weight excluding hydrogens is 206 g/mol. The van der Waals surface area contributed by atoms with E-state index >= 15 is 0 Å². The number of carbonyl (C=O) groups is 1. The van der Waals surface area contributed by atoms with E-state index < -0.39 is 0 Å². The van der Waals surface area contributed by atoms with Gasteiger partial charge in [0.2, 0.25) is 5.76 Å². The lowest BCUT2D eigenvalue weighted by atomic mass is 10.00. The number of piperidine rings is 1. The van der Waals surface area contributed by atoms with Gasteiger partial charge in [0.1, 0.15) is 0 Å². The van der Waals surface area contributed by atoms with E-state index in [4.69, 9.17) is 4.42 Å². The first kappa shape index (κ1) is 11.1. The van der Waals surface area contributed by atoms with Crippen LogP contribution in [0, 0.1) is 12.8 Å². The summed E-state index contributed by atoms with van der Waals surface area (Å²) in [5, 5.41) is 6.20. The van der Waals surface area contributed by atoms with Crippen molar-refractivity contribution in [2.75, 3.05) is 19.6 Å². The van der Waals surface area contributed by atoms with Crippen molar-refractivity contribution in [3.05, 3.63) is 17.8 Å². The second kappa shape index (κ2) is 5.12. The maximum absolute atomic E-state index is 11.7. The van der Waals surface area contributed by atoms with Crippen molar-refractivity contribution in [2.45, 2.75) is 19.8 Å². The zero-order chi connectivity index (χ0) is 11.4. The van der Waals surface area contributed by atoms with Crippen LogP contribution in [0.3, 0.4) is 0 Å². The van der Waals surface area contributed by atoms with Gasteiger partial charge in [0, 0.05) is 6.54 Å². The maximum atomic E-state index is 11.7. The molecule has 1 atom stereocenters. The van der Waals surface area contributed by atoms with Crippen LogP contribution in [0.2, 0.25) is 0 Å². The Kier molecular flexibility index (Phi) is 3.56. The fraction of sp³-hybridized carbons (Fsp3) is 0.636. The first-order valence-corrected chi connectivity index (χ1v) is 5.66. The summed E-state index contributed by atoms with van der Waals surface area (Å²) >= 11 is 0. The third kappa shape index (κ3) is 2.61. The molecule has 1 aliphatic rings. The molecule has 88 valence electrons. The first-order valence-electron chi connectivity index (χ1n) is 5.66. The second-order valence-electron chi connectivity index (χ2n) is 4.19. The number of oxazole rings is 1. The lowest BCUT2D eigenvalue weighted by molar-refractivity contribution is 0.0916. The second-order valence-corrected chi connectivity index (χ2v) is 4.19. The fourth-order valence-electron chi connectivity index (χ4n) is 1.94. The van der Waals surface area contributed by atoms with Crippen LogP contribution < -0.4 is 10.6 Å². The van der Waals surface area contributed by atoms with Crippen LogP contribution in [0.25, 0.3) is 0 Å². The minimum atomic E-state index is -0.166. The van der Waals surface area contributed by atoms with Crippen LogP contribution in [-0.2, 0) is 0 Å². The number of aromatic nitrogens is 1. The van der Waals surface area contributed by atoms with Gasteiger partial charge in [0.25, 0.3) is 5.91 Å². The number of rotatable bonds is 3. The lowest BCUT2D eigenvalue weighted by Crippen LogP contribution is -2.38. The molecule has 0 saturated carbocycles. The van der Waals surface area contributed by atoms with Crippen LogP contribution in [0.15, 0.2) is 10.8 Å². The zero-order valence-electron chi connectivity index (χ0n) is 9.45. The van der Waals surface area contributed by atoms with E-state index in [9.17, 15) is 4.79 Å². The fourth-order valence-corrected chi connectivity index (χ4v) is 1.94. The number of amides is 1. The Labute approximate surface area is 94.6 Å². The Morgan fingerprint density at radius 2 is 2.62 bits per heavy atom. The Morgan fingerprint density at radius 1 is 1.75 bits per heavy atom. The van der Waals surface area contributed by atoms with Crippen molar-refractivity contribution in [3.63, 3.8) is 0 Å². The topological polar surface area (TPSA) is 67.2 Å². The average molecular weight is 223 g/mol. The SMILES string of the molecule is Cc1ncoc1C(=O)NCC1CCCNC1. The van der Waals surface area contributed by atoms with Gasteiger partial charge in [0.05, 0.1) is 5.69 Å². The third-order valence-electron chi connectivity index (χ3n) is 2.90. The number of hydrogen-bond acceptors (Lipinski definition) is 4. The minimum absolute atomic E-state index is 0.166. The van der Waals surface area contributed by atoms with Gasteiger partial charge in [-0.05, 0) is 38.8 Å². The summed E-state index contributed by atoms with van der Waals surface area (Å²) in [4.78, 5) is 15.6. The summed E-state index contributed by atoms with van der Waals surface area (Å²) < 4.78 is 5.03. The molecule has 0 spiro atoms. The number of aryl methyl sites for hydroxylation is 1. The van der Waals surface area contributed by atoms with Gasteiger partial charge in [-0.25, -0.2) is 4.98 Å². The van der Waals surface area contributed by atoms with Gasteiger partial charge in [-0.15, -0.1) is 0 Å². The van der Waals surface area contributed by atoms with Crippen LogP contribution in [0.5, 0.6) is 0 Å². The van der Waals surface area contributed by atoms with Gasteiger partial charge < -0.3 is 15.1 Å². The van der Waals surface area contributed by atoms with E-state index in [1.165, 1.54) is 19.2 Å². The molecule has 2 heterocycles. The molecule has 1 amide bonds. The Hall–Kier alpha value is -1.36. The van der Waals surface area contributed by atoms with Crippen molar-refractivity contribution in [2.24, 2.45) is 5.92 Å². The van der Waals surface area contributed by atoms with Gasteiger partial charge >= 0.3 is 0 Å². The van der Waals surface area contributed by atoms with E-state index in [-0.39, 0.29) is 5.91 Å². The largest absolute Gasteiger partial charge is 0.438 e. The van der Waals surface area contributed by atoms with E-state index in [2.05, 4.69) is 15.6 Å². The zero-order valence-corrected chi connectivity index (χ0v) is 9.45. The maximum Gasteiger partial charge on any atom is 0.289 e. The van der Waals surface area contributed by atoms with E-state index in [0.717, 1.165) is 13.1 Å². The molecule has 1 saturated heterocycles. The van der Waals surface area contributed by atoms with E-state index in [0.29, 0.717) is 23.9 Å². The number of carbonyl (C=O) groups excluding carboxylic acids is 1. The van der Waals surface area contributed by atoms with Crippen LogP contribution in [0.1, 0.15) is 29.1 Å². The van der Waals surface area contributed by atoms with Gasteiger partial charge in [-0.1, -0.05) is 0 Å². The first-order chi connectivity index (χ1) is 7.77. The smallest absolute Gasteiger partial charge is 0.289 e. The summed E-state index contributed by atoms with van der Waals surface area (Å²) in [6.07, 6.45) is 3.65. The summed E-state index contributed by atoms with van der Waals surface area (Å²) in [6.45, 7) is 4.54. The number of hydrogen-bond donors (Lipinski definition) is 2. The Morgan fingerprint density at radius 3 is 3.25 bits per heavy atom. The number of nitrogens with one attached hydrogen (secondary N) is 2. The Balaban J connectivity index is 1.81.